The van der Waals surface area contributed by atoms with E-state index in [1.165, 1.54) is 24.8 Å². The van der Waals surface area contributed by atoms with Crippen LogP contribution in [0.1, 0.15) is 38.2 Å². The van der Waals surface area contributed by atoms with E-state index in [0.29, 0.717) is 11.4 Å². The first-order valence-corrected chi connectivity index (χ1v) is 10.5. The Morgan fingerprint density at radius 2 is 1.79 bits per heavy atom. The molecule has 1 aliphatic rings. The summed E-state index contributed by atoms with van der Waals surface area (Å²) in [4.78, 5) is 2.56. The third-order valence-electron chi connectivity index (χ3n) is 4.38. The predicted octanol–water partition coefficient (Wildman–Crippen LogP) is 2.42. The highest BCUT2D eigenvalue weighted by Crippen LogP contribution is 2.13. The number of sulfonamides is 1. The van der Waals surface area contributed by atoms with Crippen molar-refractivity contribution in [3.63, 3.8) is 0 Å². The number of unbranched alkanes of at least 4 members (excludes halogenated alkanes) is 3. The molecule has 1 fully saturated rings. The number of hydrogen-bond donors (Lipinski definition) is 1. The molecule has 2 rings (SSSR count). The lowest BCUT2D eigenvalue weighted by atomic mass is 10.1. The molecule has 5 nitrogen and oxygen atoms in total. The molecular weight excluding hydrogens is 324 g/mol. The van der Waals surface area contributed by atoms with Gasteiger partial charge in [-0.2, -0.15) is 0 Å². The summed E-state index contributed by atoms with van der Waals surface area (Å²) in [5.41, 5.74) is 1.21. The average molecular weight is 355 g/mol. The van der Waals surface area contributed by atoms with Crippen LogP contribution in [0.3, 0.4) is 0 Å². The highest BCUT2D eigenvalue weighted by atomic mass is 32.2. The highest BCUT2D eigenvalue weighted by molar-refractivity contribution is 7.89. The number of nitrogens with zero attached hydrogens (tertiary/aromatic N) is 1. The quantitative estimate of drug-likeness (QED) is 0.656. The Kier molecular flexibility index (Phi) is 8.18. The van der Waals surface area contributed by atoms with Crippen molar-refractivity contribution in [1.29, 1.82) is 0 Å². The van der Waals surface area contributed by atoms with Crippen molar-refractivity contribution >= 4 is 10.0 Å². The average Bonchev–Trinajstić information content (AvgIpc) is 2.60. The topological polar surface area (TPSA) is 58.6 Å². The molecule has 1 aromatic rings. The Hall–Kier alpha value is -0.950. The Morgan fingerprint density at radius 1 is 1.08 bits per heavy atom. The van der Waals surface area contributed by atoms with Gasteiger partial charge in [0.15, 0.2) is 0 Å². The van der Waals surface area contributed by atoms with Gasteiger partial charge >= 0.3 is 0 Å². The fraction of sp³-hybridized carbons (Fsp3) is 0.667. The van der Waals surface area contributed by atoms with Crippen LogP contribution in [-0.2, 0) is 21.2 Å². The van der Waals surface area contributed by atoms with Crippen LogP contribution >= 0.6 is 0 Å². The van der Waals surface area contributed by atoms with Crippen molar-refractivity contribution in [2.75, 3.05) is 39.4 Å². The summed E-state index contributed by atoms with van der Waals surface area (Å²) >= 11 is 0. The van der Waals surface area contributed by atoms with Gasteiger partial charge in [-0.05, 0) is 30.5 Å². The molecule has 0 spiro atoms. The zero-order valence-electron chi connectivity index (χ0n) is 14.7. The summed E-state index contributed by atoms with van der Waals surface area (Å²) in [5.74, 6) is 0. The minimum absolute atomic E-state index is 0.349. The molecule has 0 aliphatic carbocycles. The van der Waals surface area contributed by atoms with Crippen LogP contribution in [0.5, 0.6) is 0 Å². The maximum Gasteiger partial charge on any atom is 0.240 e. The third kappa shape index (κ3) is 6.51. The fourth-order valence-electron chi connectivity index (χ4n) is 2.84. The molecule has 0 aromatic heterocycles. The lowest BCUT2D eigenvalue weighted by molar-refractivity contribution is 0.0390. The van der Waals surface area contributed by atoms with E-state index in [0.717, 1.165) is 45.7 Å². The number of benzene rings is 1. The molecule has 1 N–H and O–H groups in total. The van der Waals surface area contributed by atoms with Gasteiger partial charge in [-0.1, -0.05) is 38.3 Å². The number of hydrogen-bond acceptors (Lipinski definition) is 4. The van der Waals surface area contributed by atoms with Crippen LogP contribution in [0.2, 0.25) is 0 Å². The first-order chi connectivity index (χ1) is 11.6. The smallest absolute Gasteiger partial charge is 0.240 e. The van der Waals surface area contributed by atoms with Crippen molar-refractivity contribution in [2.24, 2.45) is 0 Å². The first kappa shape index (κ1) is 19.4. The van der Waals surface area contributed by atoms with Crippen LogP contribution < -0.4 is 4.72 Å². The molecular formula is C18H30N2O3S. The van der Waals surface area contributed by atoms with Crippen molar-refractivity contribution in [3.05, 3.63) is 29.8 Å². The normalized spacial score (nSPS) is 16.4. The van der Waals surface area contributed by atoms with Crippen LogP contribution in [-0.4, -0.2) is 52.7 Å². The summed E-state index contributed by atoms with van der Waals surface area (Å²) in [5, 5.41) is 0. The van der Waals surface area contributed by atoms with E-state index < -0.39 is 10.0 Å². The van der Waals surface area contributed by atoms with Gasteiger partial charge in [0, 0.05) is 26.2 Å². The minimum atomic E-state index is -3.41. The van der Waals surface area contributed by atoms with Gasteiger partial charge in [0.05, 0.1) is 18.1 Å². The fourth-order valence-corrected chi connectivity index (χ4v) is 3.86. The maximum absolute atomic E-state index is 12.3. The second-order valence-electron chi connectivity index (χ2n) is 6.31. The molecule has 0 radical (unpaired) electrons. The first-order valence-electron chi connectivity index (χ1n) is 9.00. The minimum Gasteiger partial charge on any atom is -0.379 e. The van der Waals surface area contributed by atoms with Gasteiger partial charge in [-0.25, -0.2) is 13.1 Å². The van der Waals surface area contributed by atoms with E-state index in [4.69, 9.17) is 4.74 Å². The van der Waals surface area contributed by atoms with Crippen LogP contribution in [0.25, 0.3) is 0 Å². The third-order valence-corrected chi connectivity index (χ3v) is 5.85. The van der Waals surface area contributed by atoms with Crippen LogP contribution in [0.15, 0.2) is 29.2 Å². The second-order valence-corrected chi connectivity index (χ2v) is 8.07. The van der Waals surface area contributed by atoms with Gasteiger partial charge in [-0.3, -0.25) is 4.90 Å². The number of ether oxygens (including phenoxy) is 1. The van der Waals surface area contributed by atoms with E-state index >= 15 is 0 Å². The summed E-state index contributed by atoms with van der Waals surface area (Å²) in [7, 11) is -3.41. The van der Waals surface area contributed by atoms with Crippen molar-refractivity contribution in [1.82, 2.24) is 9.62 Å². The SMILES string of the molecule is CCCCCCc1ccc(S(=O)(=O)NCCN2CCOCC2)cc1. The molecule has 1 saturated heterocycles. The van der Waals surface area contributed by atoms with Gasteiger partial charge in [0.1, 0.15) is 0 Å². The number of aryl methyl sites for hydroxylation is 1. The molecule has 0 amide bonds. The van der Waals surface area contributed by atoms with Crippen LogP contribution in [0, 0.1) is 0 Å². The number of rotatable bonds is 10. The molecule has 0 atom stereocenters. The lowest BCUT2D eigenvalue weighted by Crippen LogP contribution is -2.41. The Balaban J connectivity index is 1.78. The van der Waals surface area contributed by atoms with E-state index in [9.17, 15) is 8.42 Å². The maximum atomic E-state index is 12.3. The molecule has 136 valence electrons. The van der Waals surface area contributed by atoms with Gasteiger partial charge in [0.25, 0.3) is 0 Å². The van der Waals surface area contributed by atoms with E-state index in [1.807, 2.05) is 12.1 Å². The second kappa shape index (κ2) is 10.1. The van der Waals surface area contributed by atoms with Gasteiger partial charge < -0.3 is 4.74 Å². The molecule has 0 unspecified atom stereocenters. The van der Waals surface area contributed by atoms with E-state index in [2.05, 4.69) is 16.5 Å². The lowest BCUT2D eigenvalue weighted by Gasteiger charge is -2.26. The Morgan fingerprint density at radius 3 is 2.46 bits per heavy atom. The molecule has 6 heteroatoms. The standard InChI is InChI=1S/C18H30N2O3S/c1-2-3-4-5-6-17-7-9-18(10-8-17)24(21,22)19-11-12-20-13-15-23-16-14-20/h7-10,19H,2-6,11-16H2,1H3. The van der Waals surface area contributed by atoms with Gasteiger partial charge in [-0.15, -0.1) is 0 Å². The Bertz CT molecular complexity index is 566. The summed E-state index contributed by atoms with van der Waals surface area (Å²) in [6.45, 7) is 6.55. The van der Waals surface area contributed by atoms with E-state index in [-0.39, 0.29) is 0 Å². The largest absolute Gasteiger partial charge is 0.379 e. The van der Waals surface area contributed by atoms with Crippen molar-refractivity contribution < 1.29 is 13.2 Å². The Labute approximate surface area is 146 Å². The highest BCUT2D eigenvalue weighted by Gasteiger charge is 2.15. The van der Waals surface area contributed by atoms with Gasteiger partial charge in [0.2, 0.25) is 10.0 Å². The van der Waals surface area contributed by atoms with Crippen LogP contribution in [0.4, 0.5) is 0 Å². The molecule has 0 bridgehead atoms. The predicted molar refractivity (Wildman–Crippen MR) is 96.7 cm³/mol. The monoisotopic (exact) mass is 354 g/mol. The zero-order valence-corrected chi connectivity index (χ0v) is 15.5. The van der Waals surface area contributed by atoms with E-state index in [1.54, 1.807) is 12.1 Å². The molecule has 1 aliphatic heterocycles. The zero-order chi connectivity index (χ0) is 17.3. The summed E-state index contributed by atoms with van der Waals surface area (Å²) in [6, 6.07) is 7.30. The molecule has 24 heavy (non-hydrogen) atoms. The number of morpholine rings is 1. The summed E-state index contributed by atoms with van der Waals surface area (Å²) in [6.07, 6.45) is 5.91. The van der Waals surface area contributed by atoms with Crippen molar-refractivity contribution in [3.8, 4) is 0 Å². The molecule has 1 heterocycles. The molecule has 0 saturated carbocycles. The summed E-state index contributed by atoms with van der Waals surface area (Å²) < 4.78 is 32.6. The molecule has 1 aromatic carbocycles. The van der Waals surface area contributed by atoms with Crippen molar-refractivity contribution in [2.45, 2.75) is 43.9 Å². The number of nitrogens with one attached hydrogen (secondary N) is 1.